The topological polar surface area (TPSA) is 126 Å². The van der Waals surface area contributed by atoms with Crippen molar-refractivity contribution in [1.29, 1.82) is 5.41 Å². The van der Waals surface area contributed by atoms with Gasteiger partial charge in [0.05, 0.1) is 16.6 Å². The third-order valence-corrected chi connectivity index (χ3v) is 5.87. The number of nitrogens with two attached hydrogens (primary N) is 1. The van der Waals surface area contributed by atoms with Crippen LogP contribution in [0.4, 0.5) is 10.3 Å². The number of amides is 1. The Labute approximate surface area is 200 Å². The summed E-state index contributed by atoms with van der Waals surface area (Å²) < 4.78 is 19.4. The van der Waals surface area contributed by atoms with Gasteiger partial charge in [-0.2, -0.15) is 0 Å². The highest BCUT2D eigenvalue weighted by Gasteiger charge is 2.20. The molecule has 0 saturated carbocycles. The quantitative estimate of drug-likeness (QED) is 0.377. The summed E-state index contributed by atoms with van der Waals surface area (Å²) in [5.41, 5.74) is 7.61. The smallest absolute Gasteiger partial charge is 0.252 e. The largest absolute Gasteiger partial charge is 0.400 e. The van der Waals surface area contributed by atoms with Gasteiger partial charge in [-0.3, -0.25) is 4.79 Å². The highest BCUT2D eigenvalue weighted by Crippen LogP contribution is 2.24. The van der Waals surface area contributed by atoms with E-state index in [2.05, 4.69) is 20.6 Å². The van der Waals surface area contributed by atoms with Gasteiger partial charge in [0, 0.05) is 48.3 Å². The maximum Gasteiger partial charge on any atom is 0.252 e. The average molecular weight is 483 g/mol. The van der Waals surface area contributed by atoms with Gasteiger partial charge < -0.3 is 26.5 Å². The van der Waals surface area contributed by atoms with Crippen molar-refractivity contribution in [3.63, 3.8) is 0 Å². The highest BCUT2D eigenvalue weighted by atomic mass is 35.5. The average Bonchev–Trinajstić information content (AvgIpc) is 2.84. The number of allylic oxidation sites excluding steroid dienone is 1. The normalized spacial score (nSPS) is 15.6. The Kier molecular flexibility index (Phi) is 7.34. The van der Waals surface area contributed by atoms with Crippen LogP contribution in [0.25, 0.3) is 10.9 Å². The highest BCUT2D eigenvalue weighted by molar-refractivity contribution is 6.30. The third kappa shape index (κ3) is 5.49. The second kappa shape index (κ2) is 10.6. The first kappa shape index (κ1) is 23.6. The fourth-order valence-corrected chi connectivity index (χ4v) is 3.83. The molecule has 0 aliphatic carbocycles. The van der Waals surface area contributed by atoms with Gasteiger partial charge in [0.1, 0.15) is 5.82 Å². The molecule has 0 radical (unpaired) electrons. The Morgan fingerprint density at radius 3 is 2.79 bits per heavy atom. The van der Waals surface area contributed by atoms with Crippen molar-refractivity contribution in [1.82, 2.24) is 15.3 Å². The molecule has 0 bridgehead atoms. The number of hydrogen-bond acceptors (Lipinski definition) is 7. The van der Waals surface area contributed by atoms with E-state index in [0.717, 1.165) is 24.4 Å². The third-order valence-electron chi connectivity index (χ3n) is 5.56. The van der Waals surface area contributed by atoms with Crippen LogP contribution in [-0.2, 0) is 4.74 Å². The van der Waals surface area contributed by atoms with Crippen molar-refractivity contribution in [2.75, 3.05) is 18.5 Å². The first-order valence-corrected chi connectivity index (χ1v) is 11.2. The van der Waals surface area contributed by atoms with Crippen molar-refractivity contribution < 1.29 is 13.9 Å². The summed E-state index contributed by atoms with van der Waals surface area (Å²) >= 11 is 5.79. The van der Waals surface area contributed by atoms with Crippen LogP contribution in [0.2, 0.25) is 5.02 Å². The number of aromatic nitrogens is 2. The van der Waals surface area contributed by atoms with Crippen molar-refractivity contribution in [2.24, 2.45) is 5.73 Å². The zero-order valence-corrected chi connectivity index (χ0v) is 19.0. The number of carbonyl (C=O) groups is 1. The monoisotopic (exact) mass is 482 g/mol. The van der Waals surface area contributed by atoms with Crippen LogP contribution < -0.4 is 16.4 Å². The molecule has 176 valence electrons. The van der Waals surface area contributed by atoms with Gasteiger partial charge in [0.2, 0.25) is 5.95 Å². The Bertz CT molecular complexity index is 1250. The maximum absolute atomic E-state index is 14.1. The number of halogens is 2. The standard InChI is InChI=1S/C24H24ClFN6O2/c25-18-4-3-14(11-19(18)26)22(20(28)5-8-27)32-23(33)15-1-2-16-13-29-24(31-21(16)12-15)30-17-6-9-34-10-7-17/h1-5,8,11-13,17,22,27H,6-7,9-10,28H2,(H,32,33)(H,29,30,31)/t22-/m0/s1. The second-order valence-corrected chi connectivity index (χ2v) is 8.32. The van der Waals surface area contributed by atoms with Crippen LogP contribution in [0.1, 0.15) is 34.8 Å². The van der Waals surface area contributed by atoms with E-state index in [9.17, 15) is 9.18 Å². The van der Waals surface area contributed by atoms with Crippen LogP contribution in [0.15, 0.2) is 54.4 Å². The molecule has 1 atom stereocenters. The summed E-state index contributed by atoms with van der Waals surface area (Å²) in [5.74, 6) is -0.571. The van der Waals surface area contributed by atoms with E-state index in [1.54, 1.807) is 30.5 Å². The fourth-order valence-electron chi connectivity index (χ4n) is 3.72. The first-order valence-electron chi connectivity index (χ1n) is 10.8. The molecule has 1 fully saturated rings. The van der Waals surface area contributed by atoms with Crippen LogP contribution in [-0.4, -0.2) is 41.3 Å². The predicted octanol–water partition coefficient (Wildman–Crippen LogP) is 3.98. The Hall–Kier alpha value is -3.56. The zero-order chi connectivity index (χ0) is 24.1. The summed E-state index contributed by atoms with van der Waals surface area (Å²) in [6.07, 6.45) is 5.79. The number of anilines is 1. The van der Waals surface area contributed by atoms with E-state index in [0.29, 0.717) is 35.8 Å². The van der Waals surface area contributed by atoms with Crippen LogP contribution in [0, 0.1) is 11.2 Å². The summed E-state index contributed by atoms with van der Waals surface area (Å²) in [7, 11) is 0. The van der Waals surface area contributed by atoms with E-state index in [4.69, 9.17) is 27.5 Å². The number of benzene rings is 2. The van der Waals surface area contributed by atoms with Crippen molar-refractivity contribution >= 4 is 40.6 Å². The molecule has 0 unspecified atom stereocenters. The summed E-state index contributed by atoms with van der Waals surface area (Å²) in [6.45, 7) is 1.40. The van der Waals surface area contributed by atoms with Gasteiger partial charge in [-0.25, -0.2) is 14.4 Å². The van der Waals surface area contributed by atoms with Crippen molar-refractivity contribution in [2.45, 2.75) is 24.9 Å². The van der Waals surface area contributed by atoms with E-state index in [-0.39, 0.29) is 16.8 Å². The summed E-state index contributed by atoms with van der Waals surface area (Å²) in [6, 6.07) is 8.64. The Morgan fingerprint density at radius 1 is 1.26 bits per heavy atom. The zero-order valence-electron chi connectivity index (χ0n) is 18.2. The lowest BCUT2D eigenvalue weighted by atomic mass is 10.0. The molecular weight excluding hydrogens is 459 g/mol. The molecule has 1 amide bonds. The van der Waals surface area contributed by atoms with Crippen molar-refractivity contribution in [3.8, 4) is 0 Å². The number of hydrogen-bond donors (Lipinski definition) is 4. The summed E-state index contributed by atoms with van der Waals surface area (Å²) in [4.78, 5) is 22.0. The van der Waals surface area contributed by atoms with Gasteiger partial charge in [-0.05, 0) is 48.7 Å². The molecule has 1 aliphatic heterocycles. The predicted molar refractivity (Wildman–Crippen MR) is 130 cm³/mol. The lowest BCUT2D eigenvalue weighted by molar-refractivity contribution is 0.0903. The van der Waals surface area contributed by atoms with Crippen LogP contribution in [0.3, 0.4) is 0 Å². The second-order valence-electron chi connectivity index (χ2n) is 7.91. The van der Waals surface area contributed by atoms with Gasteiger partial charge in [-0.15, -0.1) is 0 Å². The fraction of sp³-hybridized carbons (Fsp3) is 0.250. The molecular formula is C24H24ClFN6O2. The molecule has 34 heavy (non-hydrogen) atoms. The van der Waals surface area contributed by atoms with Crippen LogP contribution in [0.5, 0.6) is 0 Å². The molecule has 4 rings (SSSR count). The minimum absolute atomic E-state index is 0.0391. The molecule has 10 heteroatoms. The van der Waals surface area contributed by atoms with Gasteiger partial charge >= 0.3 is 0 Å². The van der Waals surface area contributed by atoms with Crippen molar-refractivity contribution in [3.05, 3.63) is 76.3 Å². The number of nitrogens with zero attached hydrogens (tertiary/aromatic N) is 2. The summed E-state index contributed by atoms with van der Waals surface area (Å²) in [5, 5.41) is 14.2. The number of fused-ring (bicyclic) bond motifs is 1. The number of carbonyl (C=O) groups excluding carboxylic acids is 1. The lowest BCUT2D eigenvalue weighted by Gasteiger charge is -2.23. The van der Waals surface area contributed by atoms with E-state index < -0.39 is 17.8 Å². The maximum atomic E-state index is 14.1. The van der Waals surface area contributed by atoms with E-state index in [1.807, 2.05) is 0 Å². The molecule has 1 aliphatic rings. The number of nitrogens with one attached hydrogen (secondary N) is 3. The Morgan fingerprint density at radius 2 is 2.06 bits per heavy atom. The number of rotatable bonds is 7. The first-order chi connectivity index (χ1) is 16.4. The van der Waals surface area contributed by atoms with E-state index in [1.165, 1.54) is 18.2 Å². The van der Waals surface area contributed by atoms with Crippen LogP contribution >= 0.6 is 11.6 Å². The lowest BCUT2D eigenvalue weighted by Crippen LogP contribution is -2.32. The van der Waals surface area contributed by atoms with E-state index >= 15 is 0 Å². The molecule has 8 nitrogen and oxygen atoms in total. The van der Waals surface area contributed by atoms with Gasteiger partial charge in [0.15, 0.2) is 0 Å². The molecule has 2 heterocycles. The molecule has 1 saturated heterocycles. The Balaban J connectivity index is 1.58. The SMILES string of the molecule is N=CC=C(N)[C@@H](NC(=O)c1ccc2cnc(NC3CCOCC3)nc2c1)c1ccc(Cl)c(F)c1. The molecule has 5 N–H and O–H groups in total. The minimum atomic E-state index is -0.854. The molecule has 0 spiro atoms. The van der Waals surface area contributed by atoms with Gasteiger partial charge in [-0.1, -0.05) is 23.7 Å². The molecule has 2 aromatic carbocycles. The molecule has 1 aromatic heterocycles. The number of ether oxygens (including phenoxy) is 1. The minimum Gasteiger partial charge on any atom is -0.400 e. The van der Waals surface area contributed by atoms with Gasteiger partial charge in [0.25, 0.3) is 5.91 Å². The molecule has 3 aromatic rings.